The standard InChI is InChI=1S/C19H25N/c1-3-9-17(10-4-1)13-14-19(20-15-7-8-16-20)18-11-5-2-6-12-18/h1,3-4,9-10,18-19H,2,5-8,11-12,15-16H2. The first-order valence-electron chi connectivity index (χ1n) is 8.24. The normalized spacial score (nSPS) is 22.2. The van der Waals surface area contributed by atoms with Gasteiger partial charge in [-0.3, -0.25) is 4.90 Å². The van der Waals surface area contributed by atoms with Crippen molar-refractivity contribution in [2.45, 2.75) is 51.0 Å². The van der Waals surface area contributed by atoms with Crippen LogP contribution in [0.15, 0.2) is 30.3 Å². The van der Waals surface area contributed by atoms with Crippen LogP contribution in [0.4, 0.5) is 0 Å². The molecule has 1 heteroatoms. The van der Waals surface area contributed by atoms with E-state index in [9.17, 15) is 0 Å². The number of hydrogen-bond acceptors (Lipinski definition) is 1. The number of rotatable bonds is 2. The molecule has 20 heavy (non-hydrogen) atoms. The number of nitrogens with zero attached hydrogens (tertiary/aromatic N) is 1. The Morgan fingerprint density at radius 2 is 1.60 bits per heavy atom. The quantitative estimate of drug-likeness (QED) is 0.730. The zero-order chi connectivity index (χ0) is 13.6. The third-order valence-electron chi connectivity index (χ3n) is 4.77. The highest BCUT2D eigenvalue weighted by Gasteiger charge is 2.28. The molecule has 1 atom stereocenters. The average Bonchev–Trinajstić information content (AvgIpc) is 3.04. The monoisotopic (exact) mass is 267 g/mol. The van der Waals surface area contributed by atoms with Crippen molar-refractivity contribution in [1.29, 1.82) is 0 Å². The molecule has 1 heterocycles. The predicted octanol–water partition coefficient (Wildman–Crippen LogP) is 4.08. The molecule has 0 N–H and O–H groups in total. The Kier molecular flexibility index (Phi) is 4.77. The molecule has 0 bridgehead atoms. The average molecular weight is 267 g/mol. The third-order valence-corrected chi connectivity index (χ3v) is 4.77. The second-order valence-corrected chi connectivity index (χ2v) is 6.22. The van der Waals surface area contributed by atoms with E-state index in [4.69, 9.17) is 0 Å². The van der Waals surface area contributed by atoms with Gasteiger partial charge in [-0.2, -0.15) is 0 Å². The molecule has 1 nitrogen and oxygen atoms in total. The first-order chi connectivity index (χ1) is 9.93. The molecule has 1 aromatic carbocycles. The van der Waals surface area contributed by atoms with Crippen LogP contribution in [0, 0.1) is 17.8 Å². The molecule has 1 aliphatic carbocycles. The lowest BCUT2D eigenvalue weighted by Gasteiger charge is -2.33. The third kappa shape index (κ3) is 3.44. The summed E-state index contributed by atoms with van der Waals surface area (Å²) in [5.74, 6) is 7.85. The van der Waals surface area contributed by atoms with Crippen molar-refractivity contribution in [2.75, 3.05) is 13.1 Å². The SMILES string of the molecule is C(#CC(C1CCCCC1)N1CCCC1)c1ccccc1. The molecular formula is C19H25N. The summed E-state index contributed by atoms with van der Waals surface area (Å²) in [7, 11) is 0. The predicted molar refractivity (Wildman–Crippen MR) is 84.5 cm³/mol. The van der Waals surface area contributed by atoms with E-state index in [1.165, 1.54) is 58.0 Å². The summed E-state index contributed by atoms with van der Waals surface area (Å²) in [5, 5.41) is 0. The first-order valence-corrected chi connectivity index (χ1v) is 8.24. The minimum atomic E-state index is 0.498. The maximum absolute atomic E-state index is 3.62. The fourth-order valence-electron chi connectivity index (χ4n) is 3.66. The van der Waals surface area contributed by atoms with Gasteiger partial charge < -0.3 is 0 Å². The fourth-order valence-corrected chi connectivity index (χ4v) is 3.66. The largest absolute Gasteiger partial charge is 0.290 e. The van der Waals surface area contributed by atoms with Crippen LogP contribution in [-0.2, 0) is 0 Å². The Hall–Kier alpha value is -1.26. The first kappa shape index (κ1) is 13.7. The van der Waals surface area contributed by atoms with Gasteiger partial charge in [0.05, 0.1) is 6.04 Å². The number of likely N-dealkylation sites (tertiary alicyclic amines) is 1. The van der Waals surface area contributed by atoms with Gasteiger partial charge in [0.15, 0.2) is 0 Å². The summed E-state index contributed by atoms with van der Waals surface area (Å²) in [6.45, 7) is 2.51. The van der Waals surface area contributed by atoms with Crippen molar-refractivity contribution in [1.82, 2.24) is 4.90 Å². The van der Waals surface area contributed by atoms with E-state index in [-0.39, 0.29) is 0 Å². The number of benzene rings is 1. The van der Waals surface area contributed by atoms with E-state index >= 15 is 0 Å². The van der Waals surface area contributed by atoms with E-state index < -0.39 is 0 Å². The summed E-state index contributed by atoms with van der Waals surface area (Å²) >= 11 is 0. The van der Waals surface area contributed by atoms with Crippen molar-refractivity contribution >= 4 is 0 Å². The van der Waals surface area contributed by atoms with Crippen LogP contribution in [0.1, 0.15) is 50.5 Å². The molecule has 1 saturated heterocycles. The van der Waals surface area contributed by atoms with Gasteiger partial charge in [0.2, 0.25) is 0 Å². The van der Waals surface area contributed by atoms with Crippen LogP contribution in [0.5, 0.6) is 0 Å². The van der Waals surface area contributed by atoms with Crippen LogP contribution in [-0.4, -0.2) is 24.0 Å². The van der Waals surface area contributed by atoms with Gasteiger partial charge in [-0.1, -0.05) is 49.3 Å². The van der Waals surface area contributed by atoms with Crippen LogP contribution in [0.2, 0.25) is 0 Å². The van der Waals surface area contributed by atoms with Crippen molar-refractivity contribution in [3.05, 3.63) is 35.9 Å². The molecule has 0 spiro atoms. The summed E-state index contributed by atoms with van der Waals surface area (Å²) < 4.78 is 0. The summed E-state index contributed by atoms with van der Waals surface area (Å²) in [4.78, 5) is 2.64. The highest BCUT2D eigenvalue weighted by Crippen LogP contribution is 2.30. The lowest BCUT2D eigenvalue weighted by molar-refractivity contribution is 0.185. The van der Waals surface area contributed by atoms with Crippen molar-refractivity contribution < 1.29 is 0 Å². The van der Waals surface area contributed by atoms with E-state index in [0.717, 1.165) is 11.5 Å². The summed E-state index contributed by atoms with van der Waals surface area (Å²) in [6.07, 6.45) is 9.71. The molecule has 0 amide bonds. The minimum absolute atomic E-state index is 0.498. The number of hydrogen-bond donors (Lipinski definition) is 0. The second-order valence-electron chi connectivity index (χ2n) is 6.22. The highest BCUT2D eigenvalue weighted by atomic mass is 15.2. The van der Waals surface area contributed by atoms with Gasteiger partial charge >= 0.3 is 0 Å². The Bertz CT molecular complexity index is 456. The maximum Gasteiger partial charge on any atom is 0.0746 e. The smallest absolute Gasteiger partial charge is 0.0746 e. The lowest BCUT2D eigenvalue weighted by atomic mass is 9.83. The van der Waals surface area contributed by atoms with Gasteiger partial charge in [0.1, 0.15) is 0 Å². The van der Waals surface area contributed by atoms with Gasteiger partial charge in [0.25, 0.3) is 0 Å². The molecular weight excluding hydrogens is 242 g/mol. The highest BCUT2D eigenvalue weighted by molar-refractivity contribution is 5.35. The van der Waals surface area contributed by atoms with Gasteiger partial charge in [-0.15, -0.1) is 0 Å². The Balaban J connectivity index is 1.76. The Morgan fingerprint density at radius 1 is 0.900 bits per heavy atom. The topological polar surface area (TPSA) is 3.24 Å². The molecule has 1 aliphatic heterocycles. The molecule has 106 valence electrons. The Labute approximate surface area is 123 Å². The van der Waals surface area contributed by atoms with Crippen LogP contribution in [0.3, 0.4) is 0 Å². The van der Waals surface area contributed by atoms with E-state index in [1.54, 1.807) is 0 Å². The zero-order valence-corrected chi connectivity index (χ0v) is 12.4. The van der Waals surface area contributed by atoms with Crippen LogP contribution < -0.4 is 0 Å². The molecule has 2 aliphatic rings. The van der Waals surface area contributed by atoms with Gasteiger partial charge in [-0.05, 0) is 56.8 Å². The van der Waals surface area contributed by atoms with E-state index in [1.807, 2.05) is 0 Å². The van der Waals surface area contributed by atoms with E-state index in [0.29, 0.717) is 6.04 Å². The summed E-state index contributed by atoms with van der Waals surface area (Å²) in [5.41, 5.74) is 1.16. The molecule has 2 fully saturated rings. The maximum atomic E-state index is 3.62. The molecule has 0 radical (unpaired) electrons. The van der Waals surface area contributed by atoms with Crippen LogP contribution >= 0.6 is 0 Å². The molecule has 3 rings (SSSR count). The molecule has 1 aromatic rings. The van der Waals surface area contributed by atoms with Gasteiger partial charge in [-0.25, -0.2) is 0 Å². The van der Waals surface area contributed by atoms with Crippen molar-refractivity contribution in [3.8, 4) is 11.8 Å². The van der Waals surface area contributed by atoms with Crippen molar-refractivity contribution in [3.63, 3.8) is 0 Å². The molecule has 1 saturated carbocycles. The second kappa shape index (κ2) is 6.95. The van der Waals surface area contributed by atoms with Crippen LogP contribution in [0.25, 0.3) is 0 Å². The zero-order valence-electron chi connectivity index (χ0n) is 12.4. The molecule has 0 aromatic heterocycles. The van der Waals surface area contributed by atoms with Crippen molar-refractivity contribution in [2.24, 2.45) is 5.92 Å². The van der Waals surface area contributed by atoms with Gasteiger partial charge in [0, 0.05) is 5.56 Å². The lowest BCUT2D eigenvalue weighted by Crippen LogP contribution is -2.38. The summed E-state index contributed by atoms with van der Waals surface area (Å²) in [6, 6.07) is 11.0. The van der Waals surface area contributed by atoms with E-state index in [2.05, 4.69) is 47.1 Å². The minimum Gasteiger partial charge on any atom is -0.290 e. The Morgan fingerprint density at radius 3 is 2.30 bits per heavy atom. The fraction of sp³-hybridized carbons (Fsp3) is 0.579. The molecule has 1 unspecified atom stereocenters.